The number of fused-ring (bicyclic) bond motifs is 3. The summed E-state index contributed by atoms with van der Waals surface area (Å²) in [6.45, 7) is 9.51. The standard InChI is InChI=1S/C28H37N3O5/c1-18(2)30-25(32)24(31-27(34)36-28(3,4)5)15-10-16-29-26(33)35-17-23-21-13-8-6-11-19(21)20-12-7-9-14-22(20)23/h6-9,11-14,18,23-24H,10,15-17H2,1-5H3,(H,29,33)(H,30,32)(H,31,34)/t24-/m0/s1. The lowest BCUT2D eigenvalue weighted by Crippen LogP contribution is -2.49. The molecule has 3 rings (SSSR count). The summed E-state index contributed by atoms with van der Waals surface area (Å²) in [5.41, 5.74) is 3.97. The van der Waals surface area contributed by atoms with Crippen LogP contribution >= 0.6 is 0 Å². The van der Waals surface area contributed by atoms with Crippen molar-refractivity contribution in [2.75, 3.05) is 13.2 Å². The zero-order valence-corrected chi connectivity index (χ0v) is 21.7. The van der Waals surface area contributed by atoms with E-state index in [-0.39, 0.29) is 24.5 Å². The number of carbonyl (C=O) groups excluding carboxylic acids is 3. The van der Waals surface area contributed by atoms with Crippen LogP contribution in [0.15, 0.2) is 48.5 Å². The monoisotopic (exact) mass is 495 g/mol. The highest BCUT2D eigenvalue weighted by Gasteiger charge is 2.29. The summed E-state index contributed by atoms with van der Waals surface area (Å²) < 4.78 is 10.8. The first-order valence-corrected chi connectivity index (χ1v) is 12.4. The van der Waals surface area contributed by atoms with Crippen molar-refractivity contribution in [2.45, 2.75) is 71.1 Å². The molecule has 0 fully saturated rings. The Morgan fingerprint density at radius 2 is 1.47 bits per heavy atom. The first-order valence-electron chi connectivity index (χ1n) is 12.4. The Bertz CT molecular complexity index is 1030. The van der Waals surface area contributed by atoms with Crippen LogP contribution in [0.3, 0.4) is 0 Å². The third kappa shape index (κ3) is 7.47. The van der Waals surface area contributed by atoms with Gasteiger partial charge in [0.2, 0.25) is 5.91 Å². The van der Waals surface area contributed by atoms with Crippen LogP contribution in [-0.2, 0) is 14.3 Å². The van der Waals surface area contributed by atoms with Crippen LogP contribution in [0, 0.1) is 0 Å². The van der Waals surface area contributed by atoms with Crippen molar-refractivity contribution in [1.82, 2.24) is 16.0 Å². The number of benzene rings is 2. The highest BCUT2D eigenvalue weighted by Crippen LogP contribution is 2.44. The van der Waals surface area contributed by atoms with Gasteiger partial charge in [-0.2, -0.15) is 0 Å². The van der Waals surface area contributed by atoms with Gasteiger partial charge in [0, 0.05) is 18.5 Å². The summed E-state index contributed by atoms with van der Waals surface area (Å²) in [6.07, 6.45) is -0.367. The lowest BCUT2D eigenvalue weighted by Gasteiger charge is -2.24. The van der Waals surface area contributed by atoms with Crippen LogP contribution in [0.4, 0.5) is 9.59 Å². The minimum atomic E-state index is -0.772. The predicted octanol–water partition coefficient (Wildman–Crippen LogP) is 4.72. The summed E-state index contributed by atoms with van der Waals surface area (Å²) in [5.74, 6) is -0.303. The molecule has 0 saturated heterocycles. The molecule has 0 aromatic heterocycles. The molecule has 3 amide bonds. The smallest absolute Gasteiger partial charge is 0.408 e. The van der Waals surface area contributed by atoms with Crippen molar-refractivity contribution >= 4 is 18.1 Å². The van der Waals surface area contributed by atoms with Crippen molar-refractivity contribution in [3.63, 3.8) is 0 Å². The van der Waals surface area contributed by atoms with Gasteiger partial charge in [0.25, 0.3) is 0 Å². The maximum atomic E-state index is 12.5. The van der Waals surface area contributed by atoms with Crippen LogP contribution in [0.5, 0.6) is 0 Å². The Balaban J connectivity index is 1.48. The number of ether oxygens (including phenoxy) is 2. The molecular weight excluding hydrogens is 458 g/mol. The number of amides is 3. The summed E-state index contributed by atoms with van der Waals surface area (Å²) in [5, 5.41) is 8.18. The molecule has 36 heavy (non-hydrogen) atoms. The van der Waals surface area contributed by atoms with Crippen LogP contribution < -0.4 is 16.0 Å². The number of nitrogens with one attached hydrogen (secondary N) is 3. The molecule has 1 aliphatic rings. The number of rotatable bonds is 9. The third-order valence-electron chi connectivity index (χ3n) is 5.72. The first-order chi connectivity index (χ1) is 17.0. The maximum absolute atomic E-state index is 12.5. The van der Waals surface area contributed by atoms with Gasteiger partial charge in [-0.25, -0.2) is 9.59 Å². The fourth-order valence-electron chi connectivity index (χ4n) is 4.25. The second-order valence-corrected chi connectivity index (χ2v) is 10.3. The Morgan fingerprint density at radius 1 is 0.889 bits per heavy atom. The summed E-state index contributed by atoms with van der Waals surface area (Å²) >= 11 is 0. The van der Waals surface area contributed by atoms with E-state index in [1.807, 2.05) is 38.1 Å². The summed E-state index contributed by atoms with van der Waals surface area (Å²) in [6, 6.07) is 15.5. The van der Waals surface area contributed by atoms with E-state index in [4.69, 9.17) is 9.47 Å². The minimum absolute atomic E-state index is 0.00899. The molecule has 3 N–H and O–H groups in total. The summed E-state index contributed by atoms with van der Waals surface area (Å²) in [4.78, 5) is 37.1. The van der Waals surface area contributed by atoms with Crippen LogP contribution in [0.2, 0.25) is 0 Å². The van der Waals surface area contributed by atoms with Crippen LogP contribution in [0.1, 0.15) is 64.5 Å². The molecule has 8 nitrogen and oxygen atoms in total. The van der Waals surface area contributed by atoms with Gasteiger partial charge in [-0.1, -0.05) is 48.5 Å². The van der Waals surface area contributed by atoms with E-state index < -0.39 is 23.8 Å². The molecule has 0 bridgehead atoms. The van der Waals surface area contributed by atoms with E-state index in [2.05, 4.69) is 40.2 Å². The maximum Gasteiger partial charge on any atom is 0.408 e. The molecule has 0 aliphatic heterocycles. The summed E-state index contributed by atoms with van der Waals surface area (Å²) in [7, 11) is 0. The molecule has 2 aromatic carbocycles. The van der Waals surface area contributed by atoms with Gasteiger partial charge in [-0.05, 0) is 69.7 Å². The molecule has 0 unspecified atom stereocenters. The van der Waals surface area contributed by atoms with E-state index in [0.29, 0.717) is 19.4 Å². The van der Waals surface area contributed by atoms with Gasteiger partial charge in [-0.3, -0.25) is 4.79 Å². The fraction of sp³-hybridized carbons (Fsp3) is 0.464. The van der Waals surface area contributed by atoms with E-state index in [9.17, 15) is 14.4 Å². The molecular formula is C28H37N3O5. The van der Waals surface area contributed by atoms with E-state index in [1.54, 1.807) is 20.8 Å². The molecule has 1 aliphatic carbocycles. The zero-order chi connectivity index (χ0) is 26.3. The SMILES string of the molecule is CC(C)NC(=O)[C@H](CCCNC(=O)OCC1c2ccccc2-c2ccccc21)NC(=O)OC(C)(C)C. The van der Waals surface area contributed by atoms with Gasteiger partial charge < -0.3 is 25.4 Å². The fourth-order valence-corrected chi connectivity index (χ4v) is 4.25. The van der Waals surface area contributed by atoms with Crippen molar-refractivity contribution < 1.29 is 23.9 Å². The number of hydrogen-bond donors (Lipinski definition) is 3. The molecule has 0 radical (unpaired) electrons. The first kappa shape index (κ1) is 27.0. The van der Waals surface area contributed by atoms with Crippen molar-refractivity contribution in [3.05, 3.63) is 59.7 Å². The van der Waals surface area contributed by atoms with Crippen LogP contribution in [0.25, 0.3) is 11.1 Å². The second-order valence-electron chi connectivity index (χ2n) is 10.3. The van der Waals surface area contributed by atoms with Gasteiger partial charge in [-0.15, -0.1) is 0 Å². The average molecular weight is 496 g/mol. The largest absolute Gasteiger partial charge is 0.449 e. The topological polar surface area (TPSA) is 106 Å². The normalized spacial score (nSPS) is 13.4. The quantitative estimate of drug-likeness (QED) is 0.437. The Kier molecular flexibility index (Phi) is 8.96. The average Bonchev–Trinajstić information content (AvgIpc) is 3.11. The number of carbonyl (C=O) groups is 3. The number of alkyl carbamates (subject to hydrolysis) is 2. The van der Waals surface area contributed by atoms with Gasteiger partial charge >= 0.3 is 12.2 Å². The molecule has 0 spiro atoms. The molecule has 1 atom stereocenters. The van der Waals surface area contributed by atoms with Gasteiger partial charge in [0.15, 0.2) is 0 Å². The Morgan fingerprint density at radius 3 is 2.03 bits per heavy atom. The zero-order valence-electron chi connectivity index (χ0n) is 21.7. The minimum Gasteiger partial charge on any atom is -0.449 e. The molecule has 8 heteroatoms. The lowest BCUT2D eigenvalue weighted by atomic mass is 9.98. The third-order valence-corrected chi connectivity index (χ3v) is 5.72. The van der Waals surface area contributed by atoms with Crippen molar-refractivity contribution in [1.29, 1.82) is 0 Å². The lowest BCUT2D eigenvalue weighted by molar-refractivity contribution is -0.123. The van der Waals surface area contributed by atoms with Crippen molar-refractivity contribution in [2.24, 2.45) is 0 Å². The van der Waals surface area contributed by atoms with E-state index in [1.165, 1.54) is 11.1 Å². The van der Waals surface area contributed by atoms with Crippen molar-refractivity contribution in [3.8, 4) is 11.1 Å². The molecule has 2 aromatic rings. The Hall–Kier alpha value is -3.55. The predicted molar refractivity (Wildman–Crippen MR) is 139 cm³/mol. The molecule has 194 valence electrons. The van der Waals surface area contributed by atoms with Crippen LogP contribution in [-0.4, -0.2) is 48.9 Å². The van der Waals surface area contributed by atoms with Gasteiger partial charge in [0.1, 0.15) is 18.2 Å². The second kappa shape index (κ2) is 11.9. The highest BCUT2D eigenvalue weighted by molar-refractivity contribution is 5.85. The molecule has 0 heterocycles. The number of hydrogen-bond acceptors (Lipinski definition) is 5. The highest BCUT2D eigenvalue weighted by atomic mass is 16.6. The van der Waals surface area contributed by atoms with E-state index in [0.717, 1.165) is 11.1 Å². The molecule has 0 saturated carbocycles. The van der Waals surface area contributed by atoms with E-state index >= 15 is 0 Å². The van der Waals surface area contributed by atoms with Gasteiger partial charge in [0.05, 0.1) is 0 Å². The Labute approximate surface area is 213 Å².